The van der Waals surface area contributed by atoms with Crippen LogP contribution in [0, 0.1) is 0 Å². The maximum absolute atomic E-state index is 12.3. The molecule has 0 aliphatic rings. The number of phenolic OH excluding ortho intramolecular Hbond substituents is 1. The molecular formula is C8H8F3NO2. The van der Waals surface area contributed by atoms with E-state index in [9.17, 15) is 13.2 Å². The van der Waals surface area contributed by atoms with E-state index < -0.39 is 17.5 Å². The van der Waals surface area contributed by atoms with Crippen molar-refractivity contribution in [3.8, 4) is 11.5 Å². The normalized spacial score (nSPS) is 11.4. The highest BCUT2D eigenvalue weighted by Gasteiger charge is 2.35. The van der Waals surface area contributed by atoms with E-state index in [4.69, 9.17) is 10.8 Å². The van der Waals surface area contributed by atoms with Crippen LogP contribution >= 0.6 is 0 Å². The third kappa shape index (κ3) is 1.84. The maximum Gasteiger partial charge on any atom is 0.420 e. The summed E-state index contributed by atoms with van der Waals surface area (Å²) in [5.41, 5.74) is 3.89. The van der Waals surface area contributed by atoms with Crippen molar-refractivity contribution in [2.45, 2.75) is 6.18 Å². The van der Waals surface area contributed by atoms with Crippen molar-refractivity contribution in [1.82, 2.24) is 0 Å². The second-order valence-electron chi connectivity index (χ2n) is 2.62. The van der Waals surface area contributed by atoms with Gasteiger partial charge in [-0.1, -0.05) is 0 Å². The Labute approximate surface area is 77.9 Å². The van der Waals surface area contributed by atoms with Gasteiger partial charge in [-0.25, -0.2) is 0 Å². The molecule has 14 heavy (non-hydrogen) atoms. The number of ether oxygens (including phenoxy) is 1. The summed E-state index contributed by atoms with van der Waals surface area (Å²) in [7, 11) is 1.15. The van der Waals surface area contributed by atoms with Crippen molar-refractivity contribution in [2.24, 2.45) is 0 Å². The van der Waals surface area contributed by atoms with E-state index in [-0.39, 0.29) is 11.4 Å². The summed E-state index contributed by atoms with van der Waals surface area (Å²) in [6, 6.07) is 1.77. The molecule has 6 heteroatoms. The molecule has 0 aliphatic heterocycles. The van der Waals surface area contributed by atoms with Crippen LogP contribution in [-0.2, 0) is 6.18 Å². The van der Waals surface area contributed by atoms with E-state index >= 15 is 0 Å². The van der Waals surface area contributed by atoms with Crippen LogP contribution in [0.15, 0.2) is 12.1 Å². The highest BCUT2D eigenvalue weighted by Crippen LogP contribution is 2.42. The summed E-state index contributed by atoms with van der Waals surface area (Å²) in [5.74, 6) is -1.24. The van der Waals surface area contributed by atoms with Crippen LogP contribution in [-0.4, -0.2) is 12.2 Å². The molecule has 1 aromatic rings. The summed E-state index contributed by atoms with van der Waals surface area (Å²) in [4.78, 5) is 0. The highest BCUT2D eigenvalue weighted by molar-refractivity contribution is 5.57. The highest BCUT2D eigenvalue weighted by atomic mass is 19.4. The molecule has 0 unspecified atom stereocenters. The van der Waals surface area contributed by atoms with Gasteiger partial charge < -0.3 is 15.6 Å². The lowest BCUT2D eigenvalue weighted by Gasteiger charge is -2.12. The minimum Gasteiger partial charge on any atom is -0.504 e. The first-order valence-electron chi connectivity index (χ1n) is 3.60. The molecule has 0 bridgehead atoms. The van der Waals surface area contributed by atoms with Gasteiger partial charge in [-0.3, -0.25) is 0 Å². The van der Waals surface area contributed by atoms with Gasteiger partial charge in [-0.15, -0.1) is 0 Å². The number of aromatic hydroxyl groups is 1. The van der Waals surface area contributed by atoms with E-state index in [1.165, 1.54) is 0 Å². The fourth-order valence-corrected chi connectivity index (χ4v) is 1.00. The van der Waals surface area contributed by atoms with Crippen molar-refractivity contribution in [3.05, 3.63) is 17.7 Å². The lowest BCUT2D eigenvalue weighted by molar-refractivity contribution is -0.138. The zero-order valence-electron chi connectivity index (χ0n) is 7.22. The largest absolute Gasteiger partial charge is 0.504 e. The monoisotopic (exact) mass is 207 g/mol. The minimum atomic E-state index is -4.65. The molecule has 0 heterocycles. The van der Waals surface area contributed by atoms with Crippen LogP contribution in [0.3, 0.4) is 0 Å². The third-order valence-corrected chi connectivity index (χ3v) is 1.62. The SMILES string of the molecule is COc1cc(N)cc(C(F)(F)F)c1O. The zero-order chi connectivity index (χ0) is 10.9. The third-order valence-electron chi connectivity index (χ3n) is 1.62. The standard InChI is InChI=1S/C8H8F3NO2/c1-14-6-3-4(12)2-5(7(6)13)8(9,10)11/h2-3,13H,12H2,1H3. The van der Waals surface area contributed by atoms with Crippen LogP contribution in [0.4, 0.5) is 18.9 Å². The Balaban J connectivity index is 3.37. The smallest absolute Gasteiger partial charge is 0.420 e. The number of nitrogen functional groups attached to an aromatic ring is 1. The van der Waals surface area contributed by atoms with Gasteiger partial charge in [0.15, 0.2) is 11.5 Å². The molecule has 0 amide bonds. The number of benzene rings is 1. The number of hydrogen-bond acceptors (Lipinski definition) is 3. The number of hydrogen-bond donors (Lipinski definition) is 2. The Morgan fingerprint density at radius 1 is 1.36 bits per heavy atom. The Morgan fingerprint density at radius 3 is 2.36 bits per heavy atom. The molecule has 0 aromatic heterocycles. The van der Waals surface area contributed by atoms with Crippen LogP contribution in [0.5, 0.6) is 11.5 Å². The summed E-state index contributed by atoms with van der Waals surface area (Å²) in [6.07, 6.45) is -4.65. The van der Waals surface area contributed by atoms with E-state index in [0.717, 1.165) is 13.2 Å². The summed E-state index contributed by atoms with van der Waals surface area (Å²) < 4.78 is 41.4. The molecule has 3 nitrogen and oxygen atoms in total. The number of alkyl halides is 3. The number of rotatable bonds is 1. The summed E-state index contributed by atoms with van der Waals surface area (Å²) in [5, 5.41) is 9.15. The molecular weight excluding hydrogens is 199 g/mol. The first-order valence-corrected chi connectivity index (χ1v) is 3.60. The van der Waals surface area contributed by atoms with E-state index in [1.807, 2.05) is 0 Å². The Bertz CT molecular complexity index is 349. The minimum absolute atomic E-state index is 0.119. The summed E-state index contributed by atoms with van der Waals surface area (Å²) >= 11 is 0. The lowest BCUT2D eigenvalue weighted by Crippen LogP contribution is -2.07. The van der Waals surface area contributed by atoms with Crippen molar-refractivity contribution >= 4 is 5.69 Å². The molecule has 0 radical (unpaired) electrons. The molecule has 0 aliphatic carbocycles. The molecule has 0 atom stereocenters. The fraction of sp³-hybridized carbons (Fsp3) is 0.250. The Hall–Kier alpha value is -1.59. The predicted molar refractivity (Wildman–Crippen MR) is 44.1 cm³/mol. The van der Waals surface area contributed by atoms with Gasteiger partial charge in [0.05, 0.1) is 7.11 Å². The molecule has 78 valence electrons. The van der Waals surface area contributed by atoms with Crippen LogP contribution < -0.4 is 10.5 Å². The first kappa shape index (κ1) is 10.5. The van der Waals surface area contributed by atoms with E-state index in [0.29, 0.717) is 6.07 Å². The molecule has 1 rings (SSSR count). The van der Waals surface area contributed by atoms with Crippen LogP contribution in [0.2, 0.25) is 0 Å². The number of anilines is 1. The fourth-order valence-electron chi connectivity index (χ4n) is 1.00. The Morgan fingerprint density at radius 2 is 1.93 bits per heavy atom. The Kier molecular flexibility index (Phi) is 2.46. The molecule has 0 saturated carbocycles. The first-order chi connectivity index (χ1) is 6.36. The number of nitrogens with two attached hydrogens (primary N) is 1. The van der Waals surface area contributed by atoms with Gasteiger partial charge in [0, 0.05) is 11.8 Å². The van der Waals surface area contributed by atoms with Crippen molar-refractivity contribution in [3.63, 3.8) is 0 Å². The van der Waals surface area contributed by atoms with Crippen molar-refractivity contribution < 1.29 is 23.0 Å². The topological polar surface area (TPSA) is 55.5 Å². The van der Waals surface area contributed by atoms with Gasteiger partial charge in [0.25, 0.3) is 0 Å². The number of phenols is 1. The maximum atomic E-state index is 12.3. The molecule has 3 N–H and O–H groups in total. The predicted octanol–water partition coefficient (Wildman–Crippen LogP) is 2.00. The van der Waals surface area contributed by atoms with Crippen molar-refractivity contribution in [1.29, 1.82) is 0 Å². The molecule has 0 fully saturated rings. The quantitative estimate of drug-likeness (QED) is 0.547. The average molecular weight is 207 g/mol. The molecule has 1 aromatic carbocycles. The van der Waals surface area contributed by atoms with Crippen LogP contribution in [0.25, 0.3) is 0 Å². The van der Waals surface area contributed by atoms with Gasteiger partial charge in [0.2, 0.25) is 0 Å². The molecule has 0 saturated heterocycles. The van der Waals surface area contributed by atoms with Crippen LogP contribution in [0.1, 0.15) is 5.56 Å². The van der Waals surface area contributed by atoms with E-state index in [2.05, 4.69) is 4.74 Å². The lowest BCUT2D eigenvalue weighted by atomic mass is 10.1. The van der Waals surface area contributed by atoms with Gasteiger partial charge in [0.1, 0.15) is 5.56 Å². The average Bonchev–Trinajstić information content (AvgIpc) is 2.06. The second kappa shape index (κ2) is 3.28. The van der Waals surface area contributed by atoms with Gasteiger partial charge in [-0.05, 0) is 6.07 Å². The summed E-state index contributed by atoms with van der Waals surface area (Å²) in [6.45, 7) is 0. The van der Waals surface area contributed by atoms with E-state index in [1.54, 1.807) is 0 Å². The van der Waals surface area contributed by atoms with Crippen molar-refractivity contribution in [2.75, 3.05) is 12.8 Å². The van der Waals surface area contributed by atoms with Gasteiger partial charge in [-0.2, -0.15) is 13.2 Å². The molecule has 0 spiro atoms. The number of halogens is 3. The van der Waals surface area contributed by atoms with Gasteiger partial charge >= 0.3 is 6.18 Å². The number of methoxy groups -OCH3 is 1. The zero-order valence-corrected chi connectivity index (χ0v) is 7.22. The second-order valence-corrected chi connectivity index (χ2v) is 2.62.